The molecule has 1 amide bonds. The molecule has 2 rings (SSSR count). The highest BCUT2D eigenvalue weighted by atomic mass is 16.1. The number of rotatable bonds is 3. The fourth-order valence-electron chi connectivity index (χ4n) is 3.79. The summed E-state index contributed by atoms with van der Waals surface area (Å²) in [6, 6.07) is 8.46. The molecule has 1 aliphatic carbocycles. The Labute approximate surface area is 154 Å². The number of benzene rings is 1. The fraction of sp³-hybridized carbons (Fsp3) is 0.696. The van der Waals surface area contributed by atoms with Crippen molar-refractivity contribution >= 4 is 5.91 Å². The van der Waals surface area contributed by atoms with Crippen molar-refractivity contribution in [3.8, 4) is 0 Å². The Kier molecular flexibility index (Phi) is 9.07. The van der Waals surface area contributed by atoms with Crippen LogP contribution in [0.3, 0.4) is 0 Å². The summed E-state index contributed by atoms with van der Waals surface area (Å²) in [4.78, 5) is 12.7. The van der Waals surface area contributed by atoms with Gasteiger partial charge < -0.3 is 5.32 Å². The highest BCUT2D eigenvalue weighted by molar-refractivity contribution is 5.94. The smallest absolute Gasteiger partial charge is 0.251 e. The van der Waals surface area contributed by atoms with Gasteiger partial charge in [0.05, 0.1) is 0 Å². The fourth-order valence-corrected chi connectivity index (χ4v) is 3.79. The average Bonchev–Trinajstić information content (AvgIpc) is 2.64. The lowest BCUT2D eigenvalue weighted by molar-refractivity contribution is 0.0931. The topological polar surface area (TPSA) is 29.1 Å². The predicted octanol–water partition coefficient (Wildman–Crippen LogP) is 6.60. The maximum absolute atomic E-state index is 12.7. The van der Waals surface area contributed by atoms with Gasteiger partial charge in [0.25, 0.3) is 5.91 Å². The van der Waals surface area contributed by atoms with E-state index in [2.05, 4.69) is 31.3 Å². The van der Waals surface area contributed by atoms with Crippen molar-refractivity contribution in [3.05, 3.63) is 35.4 Å². The number of carbonyl (C=O) groups excluding carboxylic acids is 1. The zero-order valence-electron chi connectivity index (χ0n) is 16.4. The Hall–Kier alpha value is -1.31. The van der Waals surface area contributed by atoms with Gasteiger partial charge in [-0.3, -0.25) is 4.79 Å². The first kappa shape index (κ1) is 20.0. The van der Waals surface area contributed by atoms with Crippen LogP contribution < -0.4 is 5.32 Å². The lowest BCUT2D eigenvalue weighted by Crippen LogP contribution is -2.35. The normalized spacial score (nSPS) is 18.8. The van der Waals surface area contributed by atoms with Crippen LogP contribution in [0.4, 0.5) is 0 Å². The molecule has 2 nitrogen and oxygen atoms in total. The minimum Gasteiger partial charge on any atom is -0.349 e. The summed E-state index contributed by atoms with van der Waals surface area (Å²) in [5.74, 6) is 0.565. The van der Waals surface area contributed by atoms with Crippen molar-refractivity contribution < 1.29 is 4.79 Å². The van der Waals surface area contributed by atoms with Gasteiger partial charge in [-0.15, -0.1) is 0 Å². The van der Waals surface area contributed by atoms with E-state index in [0.717, 1.165) is 18.4 Å². The monoisotopic (exact) mass is 343 g/mol. The molecule has 25 heavy (non-hydrogen) atoms. The largest absolute Gasteiger partial charge is 0.349 e. The third-order valence-corrected chi connectivity index (χ3v) is 5.51. The highest BCUT2D eigenvalue weighted by Gasteiger charge is 2.14. The summed E-state index contributed by atoms with van der Waals surface area (Å²) >= 11 is 0. The lowest BCUT2D eigenvalue weighted by Gasteiger charge is -2.19. The molecule has 2 heteroatoms. The van der Waals surface area contributed by atoms with E-state index in [1.54, 1.807) is 0 Å². The second kappa shape index (κ2) is 11.3. The van der Waals surface area contributed by atoms with Crippen LogP contribution in [0.5, 0.6) is 0 Å². The Morgan fingerprint density at radius 1 is 0.880 bits per heavy atom. The van der Waals surface area contributed by atoms with E-state index in [4.69, 9.17) is 0 Å². The van der Waals surface area contributed by atoms with Crippen LogP contribution in [-0.2, 0) is 0 Å². The molecule has 0 heterocycles. The first-order chi connectivity index (χ1) is 12.2. The van der Waals surface area contributed by atoms with Crippen molar-refractivity contribution in [1.29, 1.82) is 0 Å². The SMILES string of the molecule is CC(C)c1cccc(C(=O)NC2CCCCCCCCCCCC2)c1. The van der Waals surface area contributed by atoms with Gasteiger partial charge in [0, 0.05) is 11.6 Å². The van der Waals surface area contributed by atoms with E-state index < -0.39 is 0 Å². The van der Waals surface area contributed by atoms with Gasteiger partial charge >= 0.3 is 0 Å². The van der Waals surface area contributed by atoms with Crippen LogP contribution in [0.2, 0.25) is 0 Å². The second-order valence-electron chi connectivity index (χ2n) is 8.06. The number of nitrogens with one attached hydrogen (secondary N) is 1. The van der Waals surface area contributed by atoms with Crippen molar-refractivity contribution in [2.75, 3.05) is 0 Å². The standard InChI is InChI=1S/C23H37NO/c1-19(2)20-14-13-15-21(18-20)23(25)24-22-16-11-9-7-5-3-4-6-8-10-12-17-22/h13-15,18-19,22H,3-12,16-17H2,1-2H3,(H,24,25). The summed E-state index contributed by atoms with van der Waals surface area (Å²) < 4.78 is 0. The van der Waals surface area contributed by atoms with E-state index in [0.29, 0.717) is 12.0 Å². The van der Waals surface area contributed by atoms with Gasteiger partial charge in [0.1, 0.15) is 0 Å². The van der Waals surface area contributed by atoms with Gasteiger partial charge in [0.15, 0.2) is 0 Å². The predicted molar refractivity (Wildman–Crippen MR) is 107 cm³/mol. The molecule has 0 bridgehead atoms. The molecule has 0 spiro atoms. The zero-order chi connectivity index (χ0) is 17.9. The van der Waals surface area contributed by atoms with Crippen LogP contribution in [0, 0.1) is 0 Å². The highest BCUT2D eigenvalue weighted by Crippen LogP contribution is 2.19. The summed E-state index contributed by atoms with van der Waals surface area (Å²) in [6.07, 6.45) is 15.7. The Bertz CT molecular complexity index is 495. The van der Waals surface area contributed by atoms with Gasteiger partial charge in [-0.05, 0) is 36.5 Å². The molecule has 140 valence electrons. The Morgan fingerprint density at radius 2 is 1.40 bits per heavy atom. The molecular weight excluding hydrogens is 306 g/mol. The molecule has 0 aromatic heterocycles. The third-order valence-electron chi connectivity index (χ3n) is 5.51. The molecule has 0 atom stereocenters. The molecule has 1 N–H and O–H groups in total. The number of amides is 1. The summed E-state index contributed by atoms with van der Waals surface area (Å²) in [5.41, 5.74) is 2.05. The van der Waals surface area contributed by atoms with Crippen LogP contribution in [0.15, 0.2) is 24.3 Å². The zero-order valence-corrected chi connectivity index (χ0v) is 16.4. The lowest BCUT2D eigenvalue weighted by atomic mass is 9.99. The molecule has 1 saturated carbocycles. The molecule has 0 radical (unpaired) electrons. The van der Waals surface area contributed by atoms with Crippen molar-refractivity contribution in [3.63, 3.8) is 0 Å². The van der Waals surface area contributed by atoms with Crippen molar-refractivity contribution in [2.24, 2.45) is 0 Å². The van der Waals surface area contributed by atoms with Gasteiger partial charge in [-0.1, -0.05) is 90.2 Å². The van der Waals surface area contributed by atoms with E-state index >= 15 is 0 Å². The second-order valence-corrected chi connectivity index (χ2v) is 8.06. The maximum atomic E-state index is 12.7. The first-order valence-corrected chi connectivity index (χ1v) is 10.6. The van der Waals surface area contributed by atoms with Crippen LogP contribution in [0.1, 0.15) is 113 Å². The molecule has 1 aromatic rings. The number of hydrogen-bond donors (Lipinski definition) is 1. The number of hydrogen-bond acceptors (Lipinski definition) is 1. The third kappa shape index (κ3) is 7.63. The molecule has 1 fully saturated rings. The van der Waals surface area contributed by atoms with E-state index in [9.17, 15) is 4.79 Å². The van der Waals surface area contributed by atoms with E-state index in [1.165, 1.54) is 69.8 Å². The van der Waals surface area contributed by atoms with Crippen LogP contribution >= 0.6 is 0 Å². The van der Waals surface area contributed by atoms with Crippen molar-refractivity contribution in [1.82, 2.24) is 5.32 Å². The summed E-state index contributed by atoms with van der Waals surface area (Å²) in [7, 11) is 0. The van der Waals surface area contributed by atoms with Crippen LogP contribution in [-0.4, -0.2) is 11.9 Å². The first-order valence-electron chi connectivity index (χ1n) is 10.6. The molecule has 1 aromatic carbocycles. The minimum absolute atomic E-state index is 0.108. The Balaban J connectivity index is 1.91. The maximum Gasteiger partial charge on any atom is 0.251 e. The quantitative estimate of drug-likeness (QED) is 0.658. The molecule has 0 saturated heterocycles. The summed E-state index contributed by atoms with van der Waals surface area (Å²) in [6.45, 7) is 4.35. The Morgan fingerprint density at radius 3 is 1.92 bits per heavy atom. The van der Waals surface area contributed by atoms with Gasteiger partial charge in [-0.25, -0.2) is 0 Å². The van der Waals surface area contributed by atoms with Crippen LogP contribution in [0.25, 0.3) is 0 Å². The number of carbonyl (C=O) groups is 1. The molecular formula is C23H37NO. The average molecular weight is 344 g/mol. The van der Waals surface area contributed by atoms with Crippen molar-refractivity contribution in [2.45, 2.75) is 103 Å². The molecule has 1 aliphatic rings. The van der Waals surface area contributed by atoms with E-state index in [-0.39, 0.29) is 5.91 Å². The minimum atomic E-state index is 0.108. The summed E-state index contributed by atoms with van der Waals surface area (Å²) in [5, 5.41) is 3.33. The molecule has 0 aliphatic heterocycles. The van der Waals surface area contributed by atoms with E-state index in [1.807, 2.05) is 12.1 Å². The molecule has 0 unspecified atom stereocenters. The van der Waals surface area contributed by atoms with Gasteiger partial charge in [0.2, 0.25) is 0 Å². The van der Waals surface area contributed by atoms with Gasteiger partial charge in [-0.2, -0.15) is 0 Å².